The molecule has 0 saturated heterocycles. The number of hydrazine groups is 1. The molecule has 0 aliphatic heterocycles. The van der Waals surface area contributed by atoms with Crippen LogP contribution in [0.3, 0.4) is 0 Å². The summed E-state index contributed by atoms with van der Waals surface area (Å²) < 4.78 is 3.18. The van der Waals surface area contributed by atoms with Crippen LogP contribution in [0.25, 0.3) is 16.8 Å². The third-order valence-electron chi connectivity index (χ3n) is 5.14. The van der Waals surface area contributed by atoms with Crippen LogP contribution in [0.15, 0.2) is 75.0 Å². The lowest BCUT2D eigenvalue weighted by Gasteiger charge is -2.23. The van der Waals surface area contributed by atoms with E-state index in [1.807, 2.05) is 60.7 Å². The highest BCUT2D eigenvalue weighted by atomic mass is 16.2. The molecule has 0 aliphatic rings. The van der Waals surface area contributed by atoms with Gasteiger partial charge in [0.15, 0.2) is 0 Å². The smallest absolute Gasteiger partial charge is 0.279 e. The van der Waals surface area contributed by atoms with Crippen molar-refractivity contribution in [3.8, 4) is 16.8 Å². The predicted molar refractivity (Wildman–Crippen MR) is 115 cm³/mol. The van der Waals surface area contributed by atoms with Gasteiger partial charge in [-0.15, -0.1) is 0 Å². The highest BCUT2D eigenvalue weighted by Gasteiger charge is 2.29. The molecule has 4 rings (SSSR count). The highest BCUT2D eigenvalue weighted by molar-refractivity contribution is 5.84. The third kappa shape index (κ3) is 2.87. The van der Waals surface area contributed by atoms with Crippen molar-refractivity contribution in [3.05, 3.63) is 97.2 Å². The van der Waals surface area contributed by atoms with E-state index in [2.05, 4.69) is 5.43 Å². The number of hydrogen-bond donors (Lipinski definition) is 1. The fourth-order valence-corrected chi connectivity index (χ4v) is 3.48. The number of hydrogen-bond acceptors (Lipinski definition) is 5. The van der Waals surface area contributed by atoms with Crippen LogP contribution >= 0.6 is 0 Å². The van der Waals surface area contributed by atoms with Crippen molar-refractivity contribution in [2.24, 2.45) is 7.05 Å². The normalized spacial score (nSPS) is 11.0. The molecule has 7 heteroatoms. The molecule has 0 aliphatic carbocycles. The summed E-state index contributed by atoms with van der Waals surface area (Å²) in [6.45, 7) is 1.76. The summed E-state index contributed by atoms with van der Waals surface area (Å²) in [6, 6.07) is 18.5. The van der Waals surface area contributed by atoms with E-state index < -0.39 is 10.9 Å². The number of rotatable bonds is 5. The Bertz CT molecular complexity index is 1310. The second-order valence-corrected chi connectivity index (χ2v) is 6.85. The van der Waals surface area contributed by atoms with Gasteiger partial charge in [-0.3, -0.25) is 29.5 Å². The zero-order valence-electron chi connectivity index (χ0n) is 16.3. The van der Waals surface area contributed by atoms with Gasteiger partial charge in [0.25, 0.3) is 11.0 Å². The van der Waals surface area contributed by atoms with Crippen molar-refractivity contribution in [2.75, 3.05) is 17.5 Å². The molecule has 1 aromatic heterocycles. The fourth-order valence-electron chi connectivity index (χ4n) is 3.48. The lowest BCUT2D eigenvalue weighted by molar-refractivity contribution is 0.630. The molecule has 0 radical (unpaired) electrons. The van der Waals surface area contributed by atoms with Crippen LogP contribution in [0, 0.1) is 6.92 Å². The van der Waals surface area contributed by atoms with E-state index in [1.165, 1.54) is 4.68 Å². The Morgan fingerprint density at radius 2 is 1.41 bits per heavy atom. The first kappa shape index (κ1) is 18.5. The zero-order valence-corrected chi connectivity index (χ0v) is 16.3. The monoisotopic (exact) mass is 388 g/mol. The minimum absolute atomic E-state index is 0.130. The Labute approximate surface area is 166 Å². The van der Waals surface area contributed by atoms with E-state index in [4.69, 9.17) is 0 Å². The maximum absolute atomic E-state index is 13.2. The molecule has 0 amide bonds. The van der Waals surface area contributed by atoms with Crippen molar-refractivity contribution in [3.63, 3.8) is 0 Å². The zero-order chi connectivity index (χ0) is 20.7. The summed E-state index contributed by atoms with van der Waals surface area (Å²) in [7, 11) is 3.50. The van der Waals surface area contributed by atoms with Crippen LogP contribution in [0.2, 0.25) is 0 Å². The Morgan fingerprint density at radius 3 is 2.03 bits per heavy atom. The van der Waals surface area contributed by atoms with E-state index in [9.17, 15) is 14.4 Å². The largest absolute Gasteiger partial charge is 0.294 e. The lowest BCUT2D eigenvalue weighted by Crippen LogP contribution is -2.41. The molecule has 146 valence electrons. The van der Waals surface area contributed by atoms with Gasteiger partial charge in [-0.2, -0.15) is 0 Å². The molecule has 0 atom stereocenters. The molecule has 0 bridgehead atoms. The highest BCUT2D eigenvalue weighted by Crippen LogP contribution is 2.26. The quantitative estimate of drug-likeness (QED) is 0.419. The number of anilines is 2. The van der Waals surface area contributed by atoms with E-state index in [1.54, 1.807) is 30.7 Å². The number of para-hydroxylation sites is 2. The molecule has 0 unspecified atom stereocenters. The molecule has 7 nitrogen and oxygen atoms in total. The Hall–Kier alpha value is -3.87. The van der Waals surface area contributed by atoms with Crippen LogP contribution in [0.1, 0.15) is 5.69 Å². The van der Waals surface area contributed by atoms with E-state index in [0.717, 1.165) is 5.69 Å². The second kappa shape index (κ2) is 6.94. The number of benzene rings is 2. The molecule has 29 heavy (non-hydrogen) atoms. The van der Waals surface area contributed by atoms with Gasteiger partial charge in [-0.1, -0.05) is 36.4 Å². The summed E-state index contributed by atoms with van der Waals surface area (Å²) in [6.07, 6.45) is 0. The minimum atomic E-state index is -0.653. The number of aromatic nitrogens is 2. The van der Waals surface area contributed by atoms with Gasteiger partial charge in [0.2, 0.25) is 5.43 Å². The molecule has 0 fully saturated rings. The minimum Gasteiger partial charge on any atom is -0.294 e. The average Bonchev–Trinajstić information content (AvgIpc) is 2.97. The molecule has 0 saturated carbocycles. The molecular formula is C22H20N4O3. The van der Waals surface area contributed by atoms with Crippen molar-refractivity contribution in [2.45, 2.75) is 6.92 Å². The SMILES string of the molecule is Cc1c(-c2c(NN(C)c3ccccc3)c(=O)c2=O)c(=O)n(-c2ccccc2)n1C. The Kier molecular flexibility index (Phi) is 4.43. The van der Waals surface area contributed by atoms with Crippen molar-refractivity contribution < 1.29 is 0 Å². The lowest BCUT2D eigenvalue weighted by atomic mass is 9.99. The fraction of sp³-hybridized carbons (Fsp3) is 0.136. The summed E-state index contributed by atoms with van der Waals surface area (Å²) in [5, 5.41) is 1.65. The van der Waals surface area contributed by atoms with Gasteiger partial charge in [0.1, 0.15) is 5.69 Å². The number of nitrogens with one attached hydrogen (secondary N) is 1. The van der Waals surface area contributed by atoms with Crippen LogP contribution in [-0.4, -0.2) is 16.4 Å². The van der Waals surface area contributed by atoms with Crippen molar-refractivity contribution in [1.82, 2.24) is 9.36 Å². The first-order valence-corrected chi connectivity index (χ1v) is 9.15. The Balaban J connectivity index is 1.82. The molecule has 1 heterocycles. The molecule has 3 aromatic carbocycles. The van der Waals surface area contributed by atoms with Gasteiger partial charge in [-0.05, 0) is 31.2 Å². The number of nitrogens with zero attached hydrogens (tertiary/aromatic N) is 3. The maximum atomic E-state index is 13.2. The van der Waals surface area contributed by atoms with Gasteiger partial charge >= 0.3 is 0 Å². The van der Waals surface area contributed by atoms with Crippen LogP contribution in [-0.2, 0) is 7.05 Å². The van der Waals surface area contributed by atoms with E-state index in [0.29, 0.717) is 11.4 Å². The van der Waals surface area contributed by atoms with E-state index >= 15 is 0 Å². The Morgan fingerprint density at radius 1 is 0.828 bits per heavy atom. The molecule has 0 spiro atoms. The summed E-state index contributed by atoms with van der Waals surface area (Å²) in [5.41, 5.74) is 3.96. The van der Waals surface area contributed by atoms with E-state index in [-0.39, 0.29) is 22.4 Å². The van der Waals surface area contributed by atoms with Crippen molar-refractivity contribution in [1.29, 1.82) is 0 Å². The third-order valence-corrected chi connectivity index (χ3v) is 5.14. The summed E-state index contributed by atoms with van der Waals surface area (Å²) >= 11 is 0. The maximum Gasteiger partial charge on any atom is 0.279 e. The molecule has 1 N–H and O–H groups in total. The van der Waals surface area contributed by atoms with Gasteiger partial charge in [0, 0.05) is 19.8 Å². The van der Waals surface area contributed by atoms with Gasteiger partial charge < -0.3 is 0 Å². The first-order chi connectivity index (χ1) is 13.9. The van der Waals surface area contributed by atoms with Gasteiger partial charge in [0.05, 0.1) is 22.5 Å². The predicted octanol–water partition coefficient (Wildman–Crippen LogP) is 2.21. The second-order valence-electron chi connectivity index (χ2n) is 6.85. The molecule has 4 aromatic rings. The first-order valence-electron chi connectivity index (χ1n) is 9.15. The van der Waals surface area contributed by atoms with Gasteiger partial charge in [-0.25, -0.2) is 4.68 Å². The molecular weight excluding hydrogens is 368 g/mol. The van der Waals surface area contributed by atoms with Crippen LogP contribution < -0.4 is 26.9 Å². The standard InChI is InChI=1S/C22H20N4O3/c1-14-17(22(29)26(25(14)3)16-12-8-5-9-13-16)18-19(21(28)20(18)27)23-24(2)15-10-6-4-7-11-15/h4-13,23H,1-3H3. The average molecular weight is 388 g/mol. The summed E-state index contributed by atoms with van der Waals surface area (Å²) in [5.74, 6) is 0. The van der Waals surface area contributed by atoms with Crippen molar-refractivity contribution >= 4 is 11.4 Å². The topological polar surface area (TPSA) is 76.3 Å². The van der Waals surface area contributed by atoms with Crippen LogP contribution in [0.5, 0.6) is 0 Å². The van der Waals surface area contributed by atoms with Crippen LogP contribution in [0.4, 0.5) is 11.4 Å². The summed E-state index contributed by atoms with van der Waals surface area (Å²) in [4.78, 5) is 37.9.